The van der Waals surface area contributed by atoms with Gasteiger partial charge in [0.1, 0.15) is 12.6 Å². The molecule has 0 fully saturated rings. The summed E-state index contributed by atoms with van der Waals surface area (Å²) in [6, 6.07) is 17.1. The molecule has 7 nitrogen and oxygen atoms in total. The van der Waals surface area contributed by atoms with Crippen molar-refractivity contribution in [2.24, 2.45) is 0 Å². The minimum atomic E-state index is -4.13. The normalized spacial score (nSPS) is 12.9. The van der Waals surface area contributed by atoms with E-state index in [-0.39, 0.29) is 23.4 Å². The summed E-state index contributed by atoms with van der Waals surface area (Å²) in [7, 11) is -4.13. The molecule has 0 saturated carbocycles. The molecule has 2 amide bonds. The highest BCUT2D eigenvalue weighted by Gasteiger charge is 2.33. The van der Waals surface area contributed by atoms with Crippen molar-refractivity contribution < 1.29 is 18.0 Å². The number of amides is 2. The number of benzene rings is 3. The number of carbonyl (C=O) groups excluding carboxylic acids is 2. The summed E-state index contributed by atoms with van der Waals surface area (Å²) in [4.78, 5) is 28.6. The van der Waals surface area contributed by atoms with E-state index in [9.17, 15) is 18.0 Å². The van der Waals surface area contributed by atoms with Gasteiger partial charge in [-0.15, -0.1) is 0 Å². The van der Waals surface area contributed by atoms with Crippen LogP contribution in [-0.4, -0.2) is 43.8 Å². The van der Waals surface area contributed by atoms with Crippen molar-refractivity contribution >= 4 is 50.7 Å². The first-order chi connectivity index (χ1) is 18.8. The van der Waals surface area contributed by atoms with Crippen molar-refractivity contribution in [3.05, 3.63) is 93.5 Å². The Balaban J connectivity index is 2.06. The van der Waals surface area contributed by atoms with Gasteiger partial charge in [0.15, 0.2) is 0 Å². The topological polar surface area (TPSA) is 86.8 Å². The third kappa shape index (κ3) is 7.56. The minimum Gasteiger partial charge on any atom is -0.352 e. The van der Waals surface area contributed by atoms with Gasteiger partial charge in [-0.2, -0.15) is 0 Å². The lowest BCUT2D eigenvalue weighted by Crippen LogP contribution is -2.52. The lowest BCUT2D eigenvalue weighted by Gasteiger charge is -2.32. The van der Waals surface area contributed by atoms with Crippen molar-refractivity contribution in [1.82, 2.24) is 10.2 Å². The predicted molar refractivity (Wildman–Crippen MR) is 161 cm³/mol. The van der Waals surface area contributed by atoms with Gasteiger partial charge in [-0.05, 0) is 87.2 Å². The molecule has 3 aromatic rings. The molecule has 0 unspecified atom stereocenters. The van der Waals surface area contributed by atoms with Crippen LogP contribution in [0.2, 0.25) is 10.0 Å². The van der Waals surface area contributed by atoms with Crippen LogP contribution in [0.5, 0.6) is 0 Å². The van der Waals surface area contributed by atoms with Crippen LogP contribution in [-0.2, 0) is 26.2 Å². The van der Waals surface area contributed by atoms with Crippen LogP contribution in [0.1, 0.15) is 43.9 Å². The summed E-state index contributed by atoms with van der Waals surface area (Å²) in [5, 5.41) is 3.68. The van der Waals surface area contributed by atoms with Gasteiger partial charge in [-0.1, -0.05) is 60.5 Å². The average molecular weight is 605 g/mol. The van der Waals surface area contributed by atoms with E-state index in [0.29, 0.717) is 27.7 Å². The molecule has 0 saturated heterocycles. The number of hydrogen-bond donors (Lipinski definition) is 1. The standard InChI is InChI=1S/C30H35Cl2N3O4S/c1-6-22(4)33-30(37)23(5)34(18-24-13-14-25(31)17-28(24)32)29(36)19-35(26-15-12-20(2)21(3)16-26)40(38,39)27-10-8-7-9-11-27/h7-17,22-23H,6,18-19H2,1-5H3,(H,33,37)/t22-,23-/m1/s1. The molecule has 0 aliphatic heterocycles. The van der Waals surface area contributed by atoms with E-state index in [4.69, 9.17) is 23.2 Å². The van der Waals surface area contributed by atoms with Crippen LogP contribution in [0.15, 0.2) is 71.6 Å². The summed E-state index contributed by atoms with van der Waals surface area (Å²) in [6.45, 7) is 8.70. The van der Waals surface area contributed by atoms with E-state index in [1.807, 2.05) is 33.8 Å². The quantitative estimate of drug-likeness (QED) is 0.285. The summed E-state index contributed by atoms with van der Waals surface area (Å²) in [6.07, 6.45) is 0.714. The second kappa shape index (κ2) is 13.5. The third-order valence-electron chi connectivity index (χ3n) is 6.91. The Hall–Kier alpha value is -3.07. The highest BCUT2D eigenvalue weighted by molar-refractivity contribution is 7.92. The molecule has 40 heavy (non-hydrogen) atoms. The molecule has 10 heteroatoms. The van der Waals surface area contributed by atoms with Crippen LogP contribution in [0, 0.1) is 13.8 Å². The molecule has 0 aliphatic rings. The first kappa shape index (κ1) is 31.5. The van der Waals surface area contributed by atoms with Gasteiger partial charge < -0.3 is 10.2 Å². The van der Waals surface area contributed by atoms with E-state index in [2.05, 4.69) is 5.32 Å². The Kier molecular flexibility index (Phi) is 10.6. The fraction of sp³-hybridized carbons (Fsp3) is 0.333. The molecule has 0 aliphatic carbocycles. The molecule has 2 atom stereocenters. The first-order valence-electron chi connectivity index (χ1n) is 13.0. The number of carbonyl (C=O) groups is 2. The zero-order chi connectivity index (χ0) is 29.6. The molecule has 3 rings (SSSR count). The van der Waals surface area contributed by atoms with Crippen LogP contribution in [0.25, 0.3) is 0 Å². The monoisotopic (exact) mass is 603 g/mol. The number of aryl methyl sites for hydroxylation is 2. The van der Waals surface area contributed by atoms with Gasteiger partial charge in [-0.3, -0.25) is 13.9 Å². The summed E-state index contributed by atoms with van der Waals surface area (Å²) in [5.74, 6) is -0.910. The van der Waals surface area contributed by atoms with Crippen molar-refractivity contribution in [2.75, 3.05) is 10.8 Å². The Morgan fingerprint density at radius 2 is 1.60 bits per heavy atom. The summed E-state index contributed by atoms with van der Waals surface area (Å²) in [5.41, 5.74) is 2.79. The lowest BCUT2D eigenvalue weighted by atomic mass is 10.1. The highest BCUT2D eigenvalue weighted by Crippen LogP contribution is 2.27. The molecule has 3 aromatic carbocycles. The molecule has 0 heterocycles. The van der Waals surface area contributed by atoms with E-state index in [1.54, 1.807) is 55.5 Å². The van der Waals surface area contributed by atoms with Gasteiger partial charge in [0, 0.05) is 22.6 Å². The molecule has 0 aromatic heterocycles. The van der Waals surface area contributed by atoms with E-state index >= 15 is 0 Å². The maximum Gasteiger partial charge on any atom is 0.264 e. The minimum absolute atomic E-state index is 0.0178. The Morgan fingerprint density at radius 3 is 2.20 bits per heavy atom. The molecule has 0 bridgehead atoms. The van der Waals surface area contributed by atoms with Crippen molar-refractivity contribution in [1.29, 1.82) is 0 Å². The van der Waals surface area contributed by atoms with E-state index in [1.165, 1.54) is 17.0 Å². The van der Waals surface area contributed by atoms with Crippen molar-refractivity contribution in [3.8, 4) is 0 Å². The maximum absolute atomic E-state index is 14.0. The second-order valence-electron chi connectivity index (χ2n) is 9.84. The van der Waals surface area contributed by atoms with Crippen molar-refractivity contribution in [2.45, 2.75) is 64.6 Å². The predicted octanol–water partition coefficient (Wildman–Crippen LogP) is 6.14. The number of nitrogens with one attached hydrogen (secondary N) is 1. The Bertz CT molecular complexity index is 1470. The summed E-state index contributed by atoms with van der Waals surface area (Å²) < 4.78 is 28.8. The second-order valence-corrected chi connectivity index (χ2v) is 12.6. The van der Waals surface area contributed by atoms with E-state index in [0.717, 1.165) is 15.4 Å². The molecular formula is C30H35Cl2N3O4S. The van der Waals surface area contributed by atoms with Gasteiger partial charge >= 0.3 is 0 Å². The van der Waals surface area contributed by atoms with Gasteiger partial charge in [0.05, 0.1) is 10.6 Å². The molecule has 1 N–H and O–H groups in total. The van der Waals surface area contributed by atoms with E-state index < -0.39 is 28.5 Å². The highest BCUT2D eigenvalue weighted by atomic mass is 35.5. The number of sulfonamides is 1. The van der Waals surface area contributed by atoms with Crippen LogP contribution in [0.3, 0.4) is 0 Å². The zero-order valence-corrected chi connectivity index (χ0v) is 25.6. The number of anilines is 1. The molecular weight excluding hydrogens is 569 g/mol. The Labute approximate surface area is 247 Å². The summed E-state index contributed by atoms with van der Waals surface area (Å²) >= 11 is 12.5. The SMILES string of the molecule is CC[C@@H](C)NC(=O)[C@@H](C)N(Cc1ccc(Cl)cc1Cl)C(=O)CN(c1ccc(C)c(C)c1)S(=O)(=O)c1ccccc1. The largest absolute Gasteiger partial charge is 0.352 e. The number of nitrogens with zero attached hydrogens (tertiary/aromatic N) is 2. The fourth-order valence-corrected chi connectivity index (χ4v) is 5.91. The number of halogens is 2. The first-order valence-corrected chi connectivity index (χ1v) is 15.2. The van der Waals surface area contributed by atoms with Gasteiger partial charge in [0.25, 0.3) is 10.0 Å². The van der Waals surface area contributed by atoms with Crippen LogP contribution in [0.4, 0.5) is 5.69 Å². The Morgan fingerprint density at radius 1 is 0.925 bits per heavy atom. The molecule has 0 spiro atoms. The van der Waals surface area contributed by atoms with Crippen LogP contribution >= 0.6 is 23.2 Å². The lowest BCUT2D eigenvalue weighted by molar-refractivity contribution is -0.139. The smallest absolute Gasteiger partial charge is 0.264 e. The van der Waals surface area contributed by atoms with Crippen LogP contribution < -0.4 is 9.62 Å². The molecule has 214 valence electrons. The maximum atomic E-state index is 14.0. The third-order valence-corrected chi connectivity index (χ3v) is 9.29. The number of hydrogen-bond acceptors (Lipinski definition) is 4. The van der Waals surface area contributed by atoms with Gasteiger partial charge in [0.2, 0.25) is 11.8 Å². The number of rotatable bonds is 11. The zero-order valence-electron chi connectivity index (χ0n) is 23.3. The van der Waals surface area contributed by atoms with Gasteiger partial charge in [-0.25, -0.2) is 8.42 Å². The van der Waals surface area contributed by atoms with Crippen molar-refractivity contribution in [3.63, 3.8) is 0 Å². The average Bonchev–Trinajstić information content (AvgIpc) is 2.92. The fourth-order valence-electron chi connectivity index (χ4n) is 4.01. The molecule has 0 radical (unpaired) electrons.